The average Bonchev–Trinajstić information content (AvgIpc) is 2.64. The highest BCUT2D eigenvalue weighted by Gasteiger charge is 2.22. The minimum Gasteiger partial charge on any atom is -0.342 e. The molecule has 0 radical (unpaired) electrons. The van der Waals surface area contributed by atoms with E-state index in [1.165, 1.54) is 12.1 Å². The smallest absolute Gasteiger partial charge is 0.135 e. The van der Waals surface area contributed by atoms with Crippen molar-refractivity contribution in [3.8, 4) is 11.3 Å². The summed E-state index contributed by atoms with van der Waals surface area (Å²) in [6.07, 6.45) is 1.59. The molecule has 1 aliphatic rings. The number of halogens is 2. The van der Waals surface area contributed by atoms with E-state index in [1.54, 1.807) is 6.20 Å². The summed E-state index contributed by atoms with van der Waals surface area (Å²) in [5, 5.41) is 3.14. The van der Waals surface area contributed by atoms with Gasteiger partial charge in [0.25, 0.3) is 0 Å². The highest BCUT2D eigenvalue weighted by Crippen LogP contribution is 2.24. The Morgan fingerprint density at radius 2 is 2.06 bits per heavy atom. The molecule has 0 aliphatic carbocycles. The van der Waals surface area contributed by atoms with E-state index in [1.807, 2.05) is 0 Å². The van der Waals surface area contributed by atoms with Gasteiger partial charge in [-0.1, -0.05) is 0 Å². The van der Waals surface area contributed by atoms with Gasteiger partial charge in [-0.25, -0.2) is 13.8 Å². The van der Waals surface area contributed by atoms with E-state index in [0.717, 1.165) is 25.0 Å². The number of aromatic amines is 1. The van der Waals surface area contributed by atoms with E-state index in [-0.39, 0.29) is 0 Å². The fourth-order valence-electron chi connectivity index (χ4n) is 1.87. The number of hydrogen-bond acceptors (Lipinski definition) is 2. The lowest BCUT2D eigenvalue weighted by atomic mass is 10.0. The summed E-state index contributed by atoms with van der Waals surface area (Å²) in [6.45, 7) is 1.78. The topological polar surface area (TPSA) is 40.7 Å². The van der Waals surface area contributed by atoms with Gasteiger partial charge in [0.05, 0.1) is 11.9 Å². The molecule has 1 aromatic carbocycles. The third-order valence-corrected chi connectivity index (χ3v) is 2.98. The highest BCUT2D eigenvalue weighted by atomic mass is 19.1. The molecule has 0 bridgehead atoms. The van der Waals surface area contributed by atoms with Crippen molar-refractivity contribution in [1.82, 2.24) is 15.3 Å². The Bertz CT molecular complexity index is 546. The van der Waals surface area contributed by atoms with Gasteiger partial charge < -0.3 is 10.3 Å². The Hall–Kier alpha value is -1.75. The molecule has 0 amide bonds. The molecule has 0 atom stereocenters. The number of nitrogens with zero attached hydrogens (tertiary/aromatic N) is 1. The Kier molecular flexibility index (Phi) is 2.40. The third-order valence-electron chi connectivity index (χ3n) is 2.98. The Morgan fingerprint density at radius 3 is 2.71 bits per heavy atom. The Morgan fingerprint density at radius 1 is 1.24 bits per heavy atom. The average molecular weight is 235 g/mol. The van der Waals surface area contributed by atoms with Gasteiger partial charge in [-0.15, -0.1) is 0 Å². The van der Waals surface area contributed by atoms with E-state index in [4.69, 9.17) is 0 Å². The van der Waals surface area contributed by atoms with Crippen LogP contribution in [0.25, 0.3) is 11.3 Å². The van der Waals surface area contributed by atoms with Crippen LogP contribution in [-0.2, 0) is 0 Å². The molecule has 0 unspecified atom stereocenters. The summed E-state index contributed by atoms with van der Waals surface area (Å²) in [7, 11) is 0. The molecule has 5 heteroatoms. The maximum Gasteiger partial charge on any atom is 0.135 e. The predicted octanol–water partition coefficient (Wildman–Crippen LogP) is 2.04. The van der Waals surface area contributed by atoms with Gasteiger partial charge in [-0.3, -0.25) is 0 Å². The first-order valence-electron chi connectivity index (χ1n) is 5.45. The molecular formula is C12H11F2N3. The van der Waals surface area contributed by atoms with Crippen LogP contribution in [0, 0.1) is 11.6 Å². The van der Waals surface area contributed by atoms with E-state index >= 15 is 0 Å². The first-order chi connectivity index (χ1) is 8.24. The molecule has 3 nitrogen and oxygen atoms in total. The van der Waals surface area contributed by atoms with E-state index in [0.29, 0.717) is 17.2 Å². The number of rotatable bonds is 2. The fourth-order valence-corrected chi connectivity index (χ4v) is 1.87. The second kappa shape index (κ2) is 3.92. The number of imidazole rings is 1. The van der Waals surface area contributed by atoms with E-state index in [9.17, 15) is 8.78 Å². The molecule has 2 heterocycles. The summed E-state index contributed by atoms with van der Waals surface area (Å²) < 4.78 is 26.3. The van der Waals surface area contributed by atoms with Crippen molar-refractivity contribution >= 4 is 0 Å². The Labute approximate surface area is 96.9 Å². The van der Waals surface area contributed by atoms with Gasteiger partial charge in [0, 0.05) is 30.6 Å². The summed E-state index contributed by atoms with van der Waals surface area (Å²) in [4.78, 5) is 7.30. The maximum atomic E-state index is 13.5. The van der Waals surface area contributed by atoms with Gasteiger partial charge in [0.2, 0.25) is 0 Å². The van der Waals surface area contributed by atoms with Crippen molar-refractivity contribution in [1.29, 1.82) is 0 Å². The van der Waals surface area contributed by atoms with Crippen LogP contribution >= 0.6 is 0 Å². The standard InChI is InChI=1S/C12H11F2N3/c13-8-1-2-9(10(14)3-8)11-6-16-12(17-11)7-4-15-5-7/h1-3,6-7,15H,4-5H2,(H,16,17). The second-order valence-electron chi connectivity index (χ2n) is 4.16. The number of aromatic nitrogens is 2. The lowest BCUT2D eigenvalue weighted by Gasteiger charge is -2.24. The molecule has 88 valence electrons. The van der Waals surface area contributed by atoms with Crippen LogP contribution in [-0.4, -0.2) is 23.1 Å². The largest absolute Gasteiger partial charge is 0.342 e. The van der Waals surface area contributed by atoms with Crippen LogP contribution < -0.4 is 5.32 Å². The highest BCUT2D eigenvalue weighted by molar-refractivity contribution is 5.59. The lowest BCUT2D eigenvalue weighted by Crippen LogP contribution is -2.40. The Balaban J connectivity index is 1.94. The minimum absolute atomic E-state index is 0.345. The molecule has 1 saturated heterocycles. The monoisotopic (exact) mass is 235 g/mol. The molecule has 2 N–H and O–H groups in total. The SMILES string of the molecule is Fc1ccc(-c2cnc(C3CNC3)[nH]2)c(F)c1. The van der Waals surface area contributed by atoms with Gasteiger partial charge in [-0.05, 0) is 12.1 Å². The van der Waals surface area contributed by atoms with Crippen LogP contribution in [0.1, 0.15) is 11.7 Å². The zero-order valence-corrected chi connectivity index (χ0v) is 9.00. The van der Waals surface area contributed by atoms with Crippen molar-refractivity contribution in [2.24, 2.45) is 0 Å². The third kappa shape index (κ3) is 1.82. The van der Waals surface area contributed by atoms with Crippen LogP contribution in [0.5, 0.6) is 0 Å². The second-order valence-corrected chi connectivity index (χ2v) is 4.16. The van der Waals surface area contributed by atoms with Gasteiger partial charge in [-0.2, -0.15) is 0 Å². The van der Waals surface area contributed by atoms with E-state index in [2.05, 4.69) is 15.3 Å². The van der Waals surface area contributed by atoms with E-state index < -0.39 is 11.6 Å². The summed E-state index contributed by atoms with van der Waals surface area (Å²) in [6, 6.07) is 3.53. The van der Waals surface area contributed by atoms with Crippen LogP contribution in [0.3, 0.4) is 0 Å². The molecule has 2 aromatic rings. The normalized spacial score (nSPS) is 15.9. The molecule has 1 fully saturated rings. The molecule has 0 spiro atoms. The lowest BCUT2D eigenvalue weighted by molar-refractivity contribution is 0.433. The molecule has 1 aliphatic heterocycles. The predicted molar refractivity (Wildman–Crippen MR) is 59.6 cm³/mol. The first-order valence-corrected chi connectivity index (χ1v) is 5.45. The number of H-pyrrole nitrogens is 1. The van der Waals surface area contributed by atoms with Crippen molar-refractivity contribution in [2.45, 2.75) is 5.92 Å². The molecule has 3 rings (SSSR count). The van der Waals surface area contributed by atoms with Crippen LogP contribution in [0.4, 0.5) is 8.78 Å². The molecule has 17 heavy (non-hydrogen) atoms. The summed E-state index contributed by atoms with van der Waals surface area (Å²) >= 11 is 0. The van der Waals surface area contributed by atoms with Crippen molar-refractivity contribution in [2.75, 3.05) is 13.1 Å². The van der Waals surface area contributed by atoms with Crippen LogP contribution in [0.15, 0.2) is 24.4 Å². The van der Waals surface area contributed by atoms with Gasteiger partial charge >= 0.3 is 0 Å². The summed E-state index contributed by atoms with van der Waals surface area (Å²) in [5.74, 6) is 0.0656. The van der Waals surface area contributed by atoms with Gasteiger partial charge in [0.1, 0.15) is 17.5 Å². The summed E-state index contributed by atoms with van der Waals surface area (Å²) in [5.41, 5.74) is 0.932. The van der Waals surface area contributed by atoms with Gasteiger partial charge in [0.15, 0.2) is 0 Å². The molecule has 0 saturated carbocycles. The fraction of sp³-hybridized carbons (Fsp3) is 0.250. The van der Waals surface area contributed by atoms with Crippen molar-refractivity contribution < 1.29 is 8.78 Å². The first kappa shape index (κ1) is 10.4. The molecular weight excluding hydrogens is 224 g/mol. The maximum absolute atomic E-state index is 13.5. The minimum atomic E-state index is -0.577. The van der Waals surface area contributed by atoms with Crippen LogP contribution in [0.2, 0.25) is 0 Å². The number of hydrogen-bond donors (Lipinski definition) is 2. The zero-order chi connectivity index (χ0) is 11.8. The number of benzene rings is 1. The van der Waals surface area contributed by atoms with Crippen molar-refractivity contribution in [3.63, 3.8) is 0 Å². The quantitative estimate of drug-likeness (QED) is 0.836. The zero-order valence-electron chi connectivity index (χ0n) is 9.00. The number of nitrogens with one attached hydrogen (secondary N) is 2. The van der Waals surface area contributed by atoms with Crippen molar-refractivity contribution in [3.05, 3.63) is 41.9 Å². The molecule has 1 aromatic heterocycles.